The summed E-state index contributed by atoms with van der Waals surface area (Å²) in [6.45, 7) is 9.88. The van der Waals surface area contributed by atoms with Gasteiger partial charge < -0.3 is 26.2 Å². The fourth-order valence-electron chi connectivity index (χ4n) is 2.71. The van der Waals surface area contributed by atoms with Gasteiger partial charge in [-0.15, -0.1) is 0 Å². The van der Waals surface area contributed by atoms with E-state index in [0.717, 1.165) is 12.0 Å². The number of ether oxygens (including phenoxy) is 1. The molecule has 0 aliphatic heterocycles. The Morgan fingerprint density at radius 2 is 1.97 bits per heavy atom. The van der Waals surface area contributed by atoms with Crippen molar-refractivity contribution in [1.29, 1.82) is 0 Å². The highest BCUT2D eigenvalue weighted by atomic mass is 16.5. The molecule has 0 saturated heterocycles. The van der Waals surface area contributed by atoms with Crippen molar-refractivity contribution in [3.8, 4) is 5.75 Å². The van der Waals surface area contributed by atoms with Crippen LogP contribution in [-0.2, 0) is 16.0 Å². The van der Waals surface area contributed by atoms with Crippen molar-refractivity contribution in [2.75, 3.05) is 13.2 Å². The van der Waals surface area contributed by atoms with Crippen LogP contribution in [0.3, 0.4) is 0 Å². The average Bonchev–Trinajstić information content (AvgIpc) is 2.68. The van der Waals surface area contributed by atoms with Gasteiger partial charge in [-0.3, -0.25) is 4.79 Å². The molecule has 1 aromatic rings. The number of hydrogen-bond donors (Lipinski definition) is 4. The minimum Gasteiger partial charge on any atom is -0.508 e. The highest BCUT2D eigenvalue weighted by molar-refractivity contribution is 5.89. The lowest BCUT2D eigenvalue weighted by Gasteiger charge is -2.29. The van der Waals surface area contributed by atoms with Crippen LogP contribution in [0, 0.1) is 5.92 Å². The first-order chi connectivity index (χ1) is 14.2. The summed E-state index contributed by atoms with van der Waals surface area (Å²) in [4.78, 5) is 25.4. The topological polar surface area (TPSA) is 114 Å². The summed E-state index contributed by atoms with van der Waals surface area (Å²) in [6.07, 6.45) is 6.51. The molecule has 0 heterocycles. The highest BCUT2D eigenvalue weighted by Gasteiger charge is 2.35. The predicted molar refractivity (Wildman–Crippen MR) is 119 cm³/mol. The van der Waals surface area contributed by atoms with E-state index in [-0.39, 0.29) is 24.7 Å². The lowest BCUT2D eigenvalue weighted by Crippen LogP contribution is -2.58. The van der Waals surface area contributed by atoms with Crippen molar-refractivity contribution in [3.63, 3.8) is 0 Å². The van der Waals surface area contributed by atoms with Crippen LogP contribution >= 0.6 is 0 Å². The summed E-state index contributed by atoms with van der Waals surface area (Å²) in [6, 6.07) is 6.49. The molecule has 0 bridgehead atoms. The third-order valence-electron chi connectivity index (χ3n) is 4.39. The van der Waals surface area contributed by atoms with Gasteiger partial charge in [0.25, 0.3) is 0 Å². The van der Waals surface area contributed by atoms with Crippen molar-refractivity contribution >= 4 is 12.0 Å². The number of carbonyl (C=O) groups is 2. The van der Waals surface area contributed by atoms with Crippen LogP contribution in [0.2, 0.25) is 0 Å². The van der Waals surface area contributed by atoms with Crippen molar-refractivity contribution < 1.29 is 19.4 Å². The lowest BCUT2D eigenvalue weighted by atomic mass is 9.91. The Labute approximate surface area is 178 Å². The minimum atomic E-state index is -1.24. The standard InChI is InChI=1S/C23H33N3O4/c1-5-6-19(11-13-24)16-30-22(29)26-23(4,21(28)25-14-12-17(2)3)15-18-7-9-20(27)10-8-18/h5-11,13,17,27H,1,12,14-16,24H2,2-4H3,(H,25,28)(H,26,29)/b13-11-,19-6+/t23-/m0/s1. The smallest absolute Gasteiger partial charge is 0.408 e. The Hall–Kier alpha value is -3.22. The normalized spacial score (nSPS) is 13.7. The van der Waals surface area contributed by atoms with Gasteiger partial charge in [0, 0.05) is 13.0 Å². The van der Waals surface area contributed by atoms with Crippen LogP contribution < -0.4 is 16.4 Å². The number of phenolic OH excluding ortho intramolecular Hbond substituents is 1. The van der Waals surface area contributed by atoms with Gasteiger partial charge in [-0.2, -0.15) is 0 Å². The number of amides is 2. The number of hydrogen-bond acceptors (Lipinski definition) is 5. The summed E-state index contributed by atoms with van der Waals surface area (Å²) in [5.41, 5.74) is 5.59. The van der Waals surface area contributed by atoms with Crippen LogP contribution in [0.25, 0.3) is 0 Å². The molecule has 7 nitrogen and oxygen atoms in total. The third kappa shape index (κ3) is 8.86. The number of rotatable bonds is 11. The van der Waals surface area contributed by atoms with E-state index in [9.17, 15) is 14.7 Å². The van der Waals surface area contributed by atoms with Gasteiger partial charge in [0.05, 0.1) is 0 Å². The molecule has 2 amide bonds. The quantitative estimate of drug-likeness (QED) is 0.415. The maximum Gasteiger partial charge on any atom is 0.408 e. The number of carbonyl (C=O) groups excluding carboxylic acids is 2. The Morgan fingerprint density at radius 3 is 2.53 bits per heavy atom. The number of phenols is 1. The fourth-order valence-corrected chi connectivity index (χ4v) is 2.71. The van der Waals surface area contributed by atoms with E-state index in [1.807, 2.05) is 0 Å². The molecule has 0 radical (unpaired) electrons. The molecule has 0 fully saturated rings. The Balaban J connectivity index is 2.91. The highest BCUT2D eigenvalue weighted by Crippen LogP contribution is 2.17. The maximum absolute atomic E-state index is 12.9. The monoisotopic (exact) mass is 415 g/mol. The van der Waals surface area contributed by atoms with Gasteiger partial charge in [0.15, 0.2) is 0 Å². The van der Waals surface area contributed by atoms with Crippen molar-refractivity contribution in [3.05, 3.63) is 66.4 Å². The van der Waals surface area contributed by atoms with Gasteiger partial charge in [0.2, 0.25) is 5.91 Å². The Kier molecular flexibility index (Phi) is 10.2. The Morgan fingerprint density at radius 1 is 1.30 bits per heavy atom. The van der Waals surface area contributed by atoms with E-state index in [1.165, 1.54) is 18.3 Å². The molecule has 0 saturated carbocycles. The number of benzene rings is 1. The van der Waals surface area contributed by atoms with Crippen LogP contribution in [-0.4, -0.2) is 35.8 Å². The first-order valence-corrected chi connectivity index (χ1v) is 9.91. The van der Waals surface area contributed by atoms with Gasteiger partial charge in [0.1, 0.15) is 17.9 Å². The molecule has 0 aliphatic rings. The van der Waals surface area contributed by atoms with E-state index in [1.54, 1.807) is 37.3 Å². The summed E-state index contributed by atoms with van der Waals surface area (Å²) in [5.74, 6) is 0.262. The van der Waals surface area contributed by atoms with Crippen LogP contribution in [0.5, 0.6) is 5.75 Å². The molecule has 5 N–H and O–H groups in total. The predicted octanol–water partition coefficient (Wildman–Crippen LogP) is 3.17. The van der Waals surface area contributed by atoms with Gasteiger partial charge in [-0.1, -0.05) is 44.7 Å². The number of aromatic hydroxyl groups is 1. The first-order valence-electron chi connectivity index (χ1n) is 9.91. The summed E-state index contributed by atoms with van der Waals surface area (Å²) >= 11 is 0. The van der Waals surface area contributed by atoms with Crippen molar-refractivity contribution in [1.82, 2.24) is 10.6 Å². The molecule has 0 aliphatic carbocycles. The van der Waals surface area contributed by atoms with Crippen molar-refractivity contribution in [2.45, 2.75) is 39.2 Å². The fraction of sp³-hybridized carbons (Fsp3) is 0.391. The van der Waals surface area contributed by atoms with Gasteiger partial charge in [-0.05, 0) is 54.8 Å². The summed E-state index contributed by atoms with van der Waals surface area (Å²) in [7, 11) is 0. The molecule has 164 valence electrons. The lowest BCUT2D eigenvalue weighted by molar-refractivity contribution is -0.126. The molecular weight excluding hydrogens is 382 g/mol. The second-order valence-electron chi connectivity index (χ2n) is 7.65. The van der Waals surface area contributed by atoms with Crippen LogP contribution in [0.4, 0.5) is 4.79 Å². The molecule has 30 heavy (non-hydrogen) atoms. The van der Waals surface area contributed by atoms with Gasteiger partial charge >= 0.3 is 6.09 Å². The van der Waals surface area contributed by atoms with Crippen LogP contribution in [0.15, 0.2) is 60.8 Å². The molecule has 1 atom stereocenters. The summed E-state index contributed by atoms with van der Waals surface area (Å²) in [5, 5.41) is 15.1. The average molecular weight is 416 g/mol. The van der Waals surface area contributed by atoms with E-state index in [0.29, 0.717) is 18.0 Å². The first kappa shape index (κ1) is 24.8. The molecule has 0 aromatic heterocycles. The van der Waals surface area contributed by atoms with E-state index < -0.39 is 11.6 Å². The summed E-state index contributed by atoms with van der Waals surface area (Å²) < 4.78 is 5.26. The zero-order valence-electron chi connectivity index (χ0n) is 18.0. The van der Waals surface area contributed by atoms with Crippen molar-refractivity contribution in [2.24, 2.45) is 11.7 Å². The van der Waals surface area contributed by atoms with Gasteiger partial charge in [-0.25, -0.2) is 4.79 Å². The number of alkyl carbamates (subject to hydrolysis) is 1. The molecule has 1 aromatic carbocycles. The molecule has 1 rings (SSSR count). The number of nitrogens with two attached hydrogens (primary N) is 1. The minimum absolute atomic E-state index is 0.0180. The second kappa shape index (κ2) is 12.4. The third-order valence-corrected chi connectivity index (χ3v) is 4.39. The Bertz CT molecular complexity index is 769. The zero-order valence-corrected chi connectivity index (χ0v) is 18.0. The maximum atomic E-state index is 12.9. The largest absolute Gasteiger partial charge is 0.508 e. The SMILES string of the molecule is C=C/C=C(\C=C/N)COC(=O)N[C@@](C)(Cc1ccc(O)cc1)C(=O)NCCC(C)C. The number of nitrogens with one attached hydrogen (secondary N) is 2. The second-order valence-corrected chi connectivity index (χ2v) is 7.65. The molecule has 0 spiro atoms. The zero-order chi connectivity index (χ0) is 22.6. The number of allylic oxidation sites excluding steroid dienone is 2. The molecule has 7 heteroatoms. The van der Waals surface area contributed by atoms with E-state index >= 15 is 0 Å². The molecular formula is C23H33N3O4. The van der Waals surface area contributed by atoms with Crippen LogP contribution in [0.1, 0.15) is 32.8 Å². The molecule has 0 unspecified atom stereocenters. The van der Waals surface area contributed by atoms with E-state index in [2.05, 4.69) is 31.1 Å². The van der Waals surface area contributed by atoms with E-state index in [4.69, 9.17) is 10.5 Å².